The van der Waals surface area contributed by atoms with E-state index in [0.717, 1.165) is 16.3 Å². The van der Waals surface area contributed by atoms with Crippen LogP contribution >= 0.6 is 11.3 Å². The van der Waals surface area contributed by atoms with Crippen molar-refractivity contribution in [1.29, 1.82) is 0 Å². The maximum Gasteiger partial charge on any atom is 0.272 e. The van der Waals surface area contributed by atoms with E-state index in [9.17, 15) is 9.59 Å². The lowest BCUT2D eigenvalue weighted by molar-refractivity contribution is 0.0772. The van der Waals surface area contributed by atoms with Crippen molar-refractivity contribution in [1.82, 2.24) is 24.6 Å². The first-order valence-electron chi connectivity index (χ1n) is 10.0. The van der Waals surface area contributed by atoms with Crippen LogP contribution in [-0.2, 0) is 6.54 Å². The average molecular weight is 442 g/mol. The molecule has 3 heterocycles. The summed E-state index contributed by atoms with van der Waals surface area (Å²) in [4.78, 5) is 35.6. The molecule has 5 aromatic rings. The molecule has 158 valence electrons. The number of aromatic amines is 1. The largest absolute Gasteiger partial charge is 0.333 e. The van der Waals surface area contributed by atoms with Gasteiger partial charge in [0.25, 0.3) is 11.5 Å². The Morgan fingerprint density at radius 1 is 1.06 bits per heavy atom. The Hall–Kier alpha value is -4.04. The Labute approximate surface area is 187 Å². The van der Waals surface area contributed by atoms with E-state index in [-0.39, 0.29) is 18.0 Å². The Kier molecular flexibility index (Phi) is 5.12. The number of benzene rings is 2. The van der Waals surface area contributed by atoms with E-state index in [1.54, 1.807) is 47.3 Å². The SMILES string of the molecule is CN(Cc1nc2ccccc2c(=O)[nH]1)C(=O)c1cc(-c2cccs2)nn1-c1ccccc1. The molecule has 8 heteroatoms. The van der Waals surface area contributed by atoms with Crippen LogP contribution in [0.3, 0.4) is 0 Å². The number of amides is 1. The molecule has 0 aliphatic heterocycles. The van der Waals surface area contributed by atoms with Gasteiger partial charge in [0.2, 0.25) is 0 Å². The molecule has 0 spiro atoms. The van der Waals surface area contributed by atoms with Gasteiger partial charge >= 0.3 is 0 Å². The highest BCUT2D eigenvalue weighted by Gasteiger charge is 2.22. The van der Waals surface area contributed by atoms with Gasteiger partial charge in [0, 0.05) is 7.05 Å². The number of H-pyrrole nitrogens is 1. The second kappa shape index (κ2) is 8.24. The number of fused-ring (bicyclic) bond motifs is 1. The monoisotopic (exact) mass is 441 g/mol. The minimum absolute atomic E-state index is 0.160. The summed E-state index contributed by atoms with van der Waals surface area (Å²) >= 11 is 1.57. The van der Waals surface area contributed by atoms with Crippen LogP contribution in [0.5, 0.6) is 0 Å². The molecule has 0 saturated carbocycles. The molecular formula is C24H19N5O2S. The highest BCUT2D eigenvalue weighted by atomic mass is 32.1. The Bertz CT molecular complexity index is 1460. The van der Waals surface area contributed by atoms with E-state index >= 15 is 0 Å². The van der Waals surface area contributed by atoms with E-state index in [2.05, 4.69) is 9.97 Å². The fourth-order valence-electron chi connectivity index (χ4n) is 3.55. The van der Waals surface area contributed by atoms with Crippen LogP contribution in [0.15, 0.2) is 83.0 Å². The minimum Gasteiger partial charge on any atom is -0.333 e. The third-order valence-corrected chi connectivity index (χ3v) is 5.99. The molecule has 0 aliphatic carbocycles. The third kappa shape index (κ3) is 3.72. The molecule has 1 N–H and O–H groups in total. The maximum absolute atomic E-state index is 13.4. The van der Waals surface area contributed by atoms with Crippen molar-refractivity contribution in [3.8, 4) is 16.3 Å². The van der Waals surface area contributed by atoms with Crippen LogP contribution in [0.4, 0.5) is 0 Å². The zero-order valence-corrected chi connectivity index (χ0v) is 18.0. The molecule has 0 fully saturated rings. The highest BCUT2D eigenvalue weighted by molar-refractivity contribution is 7.13. The zero-order chi connectivity index (χ0) is 22.1. The van der Waals surface area contributed by atoms with E-state index < -0.39 is 0 Å². The summed E-state index contributed by atoms with van der Waals surface area (Å²) in [6.45, 7) is 0.160. The van der Waals surface area contributed by atoms with Crippen molar-refractivity contribution in [2.45, 2.75) is 6.54 Å². The third-order valence-electron chi connectivity index (χ3n) is 5.10. The van der Waals surface area contributed by atoms with E-state index in [4.69, 9.17) is 5.10 Å². The molecular weight excluding hydrogens is 422 g/mol. The normalized spacial score (nSPS) is 11.0. The summed E-state index contributed by atoms with van der Waals surface area (Å²) in [5.41, 5.74) is 2.34. The van der Waals surface area contributed by atoms with Crippen molar-refractivity contribution in [2.24, 2.45) is 0 Å². The first-order chi connectivity index (χ1) is 15.6. The summed E-state index contributed by atoms with van der Waals surface area (Å²) in [6, 6.07) is 22.4. The number of carbonyl (C=O) groups is 1. The number of nitrogens with one attached hydrogen (secondary N) is 1. The number of aromatic nitrogens is 4. The second-order valence-corrected chi connectivity index (χ2v) is 8.28. The Morgan fingerprint density at radius 2 is 1.84 bits per heavy atom. The van der Waals surface area contributed by atoms with Gasteiger partial charge in [-0.25, -0.2) is 9.67 Å². The molecule has 0 atom stereocenters. The number of rotatable bonds is 5. The molecule has 1 amide bonds. The van der Waals surface area contributed by atoms with Gasteiger partial charge in [-0.15, -0.1) is 11.3 Å². The fraction of sp³-hybridized carbons (Fsp3) is 0.0833. The number of hydrogen-bond donors (Lipinski definition) is 1. The van der Waals surface area contributed by atoms with Crippen LogP contribution in [0, 0.1) is 0 Å². The van der Waals surface area contributed by atoms with Gasteiger partial charge < -0.3 is 9.88 Å². The summed E-state index contributed by atoms with van der Waals surface area (Å²) in [5, 5.41) is 7.19. The van der Waals surface area contributed by atoms with Gasteiger partial charge in [-0.1, -0.05) is 36.4 Å². The first-order valence-corrected chi connectivity index (χ1v) is 10.9. The van der Waals surface area contributed by atoms with Gasteiger partial charge in [-0.2, -0.15) is 5.10 Å². The maximum atomic E-state index is 13.4. The lowest BCUT2D eigenvalue weighted by Crippen LogP contribution is -2.30. The fourth-order valence-corrected chi connectivity index (χ4v) is 4.23. The molecule has 0 unspecified atom stereocenters. The quantitative estimate of drug-likeness (QED) is 0.445. The Morgan fingerprint density at radius 3 is 2.62 bits per heavy atom. The average Bonchev–Trinajstić information content (AvgIpc) is 3.49. The zero-order valence-electron chi connectivity index (χ0n) is 17.2. The molecule has 7 nitrogen and oxygen atoms in total. The minimum atomic E-state index is -0.222. The lowest BCUT2D eigenvalue weighted by Gasteiger charge is -2.17. The molecule has 0 aliphatic rings. The van der Waals surface area contributed by atoms with Gasteiger partial charge in [0.1, 0.15) is 17.2 Å². The van der Waals surface area contributed by atoms with Crippen LogP contribution in [-0.4, -0.2) is 37.6 Å². The van der Waals surface area contributed by atoms with Gasteiger partial charge in [-0.05, 0) is 41.8 Å². The molecule has 0 bridgehead atoms. The summed E-state index contributed by atoms with van der Waals surface area (Å²) in [6.07, 6.45) is 0. The van der Waals surface area contributed by atoms with Crippen molar-refractivity contribution >= 4 is 28.1 Å². The first kappa shape index (κ1) is 19.9. The van der Waals surface area contributed by atoms with Crippen molar-refractivity contribution in [3.05, 3.63) is 100 Å². The standard InChI is InChI=1S/C24H19N5O2S/c1-28(15-22-25-18-11-6-5-10-17(18)23(30)26-22)24(31)20-14-19(21-12-7-13-32-21)27-29(20)16-8-3-2-4-9-16/h2-14H,15H2,1H3,(H,25,26,30). The van der Waals surface area contributed by atoms with Crippen LogP contribution in [0.2, 0.25) is 0 Å². The van der Waals surface area contributed by atoms with Crippen LogP contribution in [0.1, 0.15) is 16.3 Å². The number of nitrogens with zero attached hydrogens (tertiary/aromatic N) is 4. The van der Waals surface area contributed by atoms with Gasteiger partial charge in [0.05, 0.1) is 28.0 Å². The predicted octanol–water partition coefficient (Wildman–Crippen LogP) is 4.11. The summed E-state index contributed by atoms with van der Waals surface area (Å²) in [7, 11) is 1.69. The van der Waals surface area contributed by atoms with Gasteiger partial charge in [0.15, 0.2) is 0 Å². The number of para-hydroxylation sites is 2. The number of carbonyl (C=O) groups excluding carboxylic acids is 1. The molecule has 0 radical (unpaired) electrons. The smallest absolute Gasteiger partial charge is 0.272 e. The highest BCUT2D eigenvalue weighted by Crippen LogP contribution is 2.26. The van der Waals surface area contributed by atoms with Crippen molar-refractivity contribution in [3.63, 3.8) is 0 Å². The van der Waals surface area contributed by atoms with Gasteiger partial charge in [-0.3, -0.25) is 9.59 Å². The predicted molar refractivity (Wildman–Crippen MR) is 125 cm³/mol. The molecule has 32 heavy (non-hydrogen) atoms. The summed E-state index contributed by atoms with van der Waals surface area (Å²) in [5.74, 6) is 0.203. The van der Waals surface area contributed by atoms with Crippen molar-refractivity contribution < 1.29 is 4.79 Å². The van der Waals surface area contributed by atoms with E-state index in [0.29, 0.717) is 22.4 Å². The van der Waals surface area contributed by atoms with Crippen molar-refractivity contribution in [2.75, 3.05) is 7.05 Å². The van der Waals surface area contributed by atoms with E-state index in [1.165, 1.54) is 4.90 Å². The number of thiophene rings is 1. The van der Waals surface area contributed by atoms with Crippen LogP contribution in [0.25, 0.3) is 27.2 Å². The van der Waals surface area contributed by atoms with E-state index in [1.807, 2.05) is 53.9 Å². The lowest BCUT2D eigenvalue weighted by atomic mass is 10.2. The Balaban J connectivity index is 1.50. The second-order valence-electron chi connectivity index (χ2n) is 7.33. The molecule has 0 saturated heterocycles. The molecule has 3 aromatic heterocycles. The van der Waals surface area contributed by atoms with Crippen LogP contribution < -0.4 is 5.56 Å². The number of hydrogen-bond acceptors (Lipinski definition) is 5. The molecule has 5 rings (SSSR count). The molecule has 2 aromatic carbocycles. The summed E-state index contributed by atoms with van der Waals surface area (Å²) < 4.78 is 1.66. The topological polar surface area (TPSA) is 83.9 Å².